The molecule has 0 spiro atoms. The molecule has 0 radical (unpaired) electrons. The third kappa shape index (κ3) is 5.34. The quantitative estimate of drug-likeness (QED) is 0.805. The molecule has 0 atom stereocenters. The molecule has 1 amide bonds. The maximum Gasteiger partial charge on any atom is 0.251 e. The van der Waals surface area contributed by atoms with Gasteiger partial charge in [0.25, 0.3) is 5.91 Å². The van der Waals surface area contributed by atoms with Crippen LogP contribution in [-0.4, -0.2) is 25.1 Å². The minimum atomic E-state index is -3.38. The summed E-state index contributed by atoms with van der Waals surface area (Å²) in [5, 5.41) is 2.78. The van der Waals surface area contributed by atoms with Crippen LogP contribution in [0.3, 0.4) is 0 Å². The summed E-state index contributed by atoms with van der Waals surface area (Å²) in [6.45, 7) is 3.99. The van der Waals surface area contributed by atoms with Crippen molar-refractivity contribution in [2.75, 3.05) is 10.5 Å². The Bertz CT molecular complexity index is 819. The number of rotatable bonds is 7. The first kappa shape index (κ1) is 17.9. The Morgan fingerprint density at radius 2 is 1.92 bits per heavy atom. The second-order valence-electron chi connectivity index (χ2n) is 5.45. The van der Waals surface area contributed by atoms with E-state index in [0.717, 1.165) is 11.4 Å². The second kappa shape index (κ2) is 7.92. The topological polar surface area (TPSA) is 88.2 Å². The summed E-state index contributed by atoms with van der Waals surface area (Å²) in [7, 11) is -3.38. The van der Waals surface area contributed by atoms with Crippen molar-refractivity contribution in [3.05, 3.63) is 59.4 Å². The van der Waals surface area contributed by atoms with Crippen molar-refractivity contribution in [3.8, 4) is 0 Å². The van der Waals surface area contributed by atoms with Crippen molar-refractivity contribution in [1.82, 2.24) is 10.3 Å². The van der Waals surface area contributed by atoms with Gasteiger partial charge in [0.05, 0.1) is 18.0 Å². The van der Waals surface area contributed by atoms with Crippen molar-refractivity contribution in [3.63, 3.8) is 0 Å². The smallest absolute Gasteiger partial charge is 0.251 e. The van der Waals surface area contributed by atoms with Crippen molar-refractivity contribution in [2.45, 2.75) is 26.8 Å². The van der Waals surface area contributed by atoms with Crippen LogP contribution in [0.25, 0.3) is 0 Å². The molecule has 2 N–H and O–H groups in total. The first-order chi connectivity index (χ1) is 11.4. The second-order valence-corrected chi connectivity index (χ2v) is 7.30. The fourth-order valence-electron chi connectivity index (χ4n) is 2.19. The summed E-state index contributed by atoms with van der Waals surface area (Å²) >= 11 is 0. The normalized spacial score (nSPS) is 11.1. The van der Waals surface area contributed by atoms with E-state index >= 15 is 0 Å². The number of hydrogen-bond donors (Lipinski definition) is 2. The van der Waals surface area contributed by atoms with Gasteiger partial charge in [-0.3, -0.25) is 14.5 Å². The highest BCUT2D eigenvalue weighted by Crippen LogP contribution is 2.13. The number of anilines is 1. The molecule has 0 fully saturated rings. The Morgan fingerprint density at radius 1 is 1.17 bits per heavy atom. The lowest BCUT2D eigenvalue weighted by molar-refractivity contribution is 0.0950. The first-order valence-electron chi connectivity index (χ1n) is 7.71. The molecular weight excluding hydrogens is 326 g/mol. The number of sulfonamides is 1. The van der Waals surface area contributed by atoms with Crippen molar-refractivity contribution < 1.29 is 13.2 Å². The summed E-state index contributed by atoms with van der Waals surface area (Å²) in [6.07, 6.45) is 0.527. The zero-order valence-electron chi connectivity index (χ0n) is 13.7. The lowest BCUT2D eigenvalue weighted by Crippen LogP contribution is -2.23. The van der Waals surface area contributed by atoms with Gasteiger partial charge < -0.3 is 5.32 Å². The third-order valence-electron chi connectivity index (χ3n) is 3.25. The van der Waals surface area contributed by atoms with E-state index in [4.69, 9.17) is 0 Å². The predicted octanol–water partition coefficient (Wildman–Crippen LogP) is 2.47. The zero-order valence-corrected chi connectivity index (χ0v) is 14.6. The molecule has 7 heteroatoms. The number of nitrogens with zero attached hydrogens (tertiary/aromatic N) is 1. The van der Waals surface area contributed by atoms with Crippen molar-refractivity contribution >= 4 is 21.6 Å². The highest BCUT2D eigenvalue weighted by molar-refractivity contribution is 7.92. The Balaban J connectivity index is 2.03. The molecule has 0 aliphatic rings. The fraction of sp³-hybridized carbons (Fsp3) is 0.294. The molecule has 2 aromatic rings. The van der Waals surface area contributed by atoms with Crippen LogP contribution in [0.1, 0.15) is 35.1 Å². The molecule has 0 unspecified atom stereocenters. The van der Waals surface area contributed by atoms with Gasteiger partial charge in [0.2, 0.25) is 10.0 Å². The molecule has 0 aliphatic carbocycles. The van der Waals surface area contributed by atoms with E-state index in [-0.39, 0.29) is 11.7 Å². The van der Waals surface area contributed by atoms with Gasteiger partial charge in [-0.05, 0) is 43.7 Å². The molecule has 0 saturated heterocycles. The highest BCUT2D eigenvalue weighted by Gasteiger charge is 2.11. The number of carbonyl (C=O) groups excluding carboxylic acids is 1. The Hall–Kier alpha value is -2.41. The van der Waals surface area contributed by atoms with E-state index in [9.17, 15) is 13.2 Å². The standard InChI is InChI=1S/C17H21N3O3S/c1-3-10-24(22,23)20-15-8-5-7-14(11-15)17(21)18-12-16-9-4-6-13(2)19-16/h4-9,11,20H,3,10,12H2,1-2H3,(H,18,21). The van der Waals surface area contributed by atoms with Gasteiger partial charge in [-0.15, -0.1) is 0 Å². The van der Waals surface area contributed by atoms with Crippen LogP contribution in [0, 0.1) is 6.92 Å². The maximum absolute atomic E-state index is 12.2. The van der Waals surface area contributed by atoms with Gasteiger partial charge in [-0.25, -0.2) is 8.42 Å². The lowest BCUT2D eigenvalue weighted by atomic mass is 10.2. The Labute approximate surface area is 142 Å². The number of aryl methyl sites for hydroxylation is 1. The molecule has 0 saturated carbocycles. The number of benzene rings is 1. The molecule has 2 rings (SSSR count). The molecule has 1 aromatic carbocycles. The van der Waals surface area contributed by atoms with Crippen molar-refractivity contribution in [2.24, 2.45) is 0 Å². The third-order valence-corrected chi connectivity index (χ3v) is 4.74. The van der Waals surface area contributed by atoms with Crippen molar-refractivity contribution in [1.29, 1.82) is 0 Å². The largest absolute Gasteiger partial charge is 0.346 e. The molecule has 128 valence electrons. The minimum absolute atomic E-state index is 0.0441. The van der Waals surface area contributed by atoms with E-state index in [1.54, 1.807) is 25.1 Å². The number of amides is 1. The first-order valence-corrected chi connectivity index (χ1v) is 9.36. The molecular formula is C17H21N3O3S. The van der Waals surface area contributed by atoms with Gasteiger partial charge in [0.1, 0.15) is 0 Å². The number of hydrogen-bond acceptors (Lipinski definition) is 4. The average Bonchev–Trinajstić information content (AvgIpc) is 2.52. The summed E-state index contributed by atoms with van der Waals surface area (Å²) in [4.78, 5) is 16.5. The summed E-state index contributed by atoms with van der Waals surface area (Å²) < 4.78 is 26.1. The monoisotopic (exact) mass is 347 g/mol. The maximum atomic E-state index is 12.2. The average molecular weight is 347 g/mol. The highest BCUT2D eigenvalue weighted by atomic mass is 32.2. The van der Waals surface area contributed by atoms with E-state index in [1.807, 2.05) is 25.1 Å². The zero-order chi connectivity index (χ0) is 17.6. The van der Waals surface area contributed by atoms with Gasteiger partial charge >= 0.3 is 0 Å². The fourth-order valence-corrected chi connectivity index (χ4v) is 3.32. The van der Waals surface area contributed by atoms with Crippen LogP contribution in [0.15, 0.2) is 42.5 Å². The molecule has 24 heavy (non-hydrogen) atoms. The van der Waals surface area contributed by atoms with Crippen LogP contribution in [0.4, 0.5) is 5.69 Å². The Morgan fingerprint density at radius 3 is 2.62 bits per heavy atom. The molecule has 0 aliphatic heterocycles. The van der Waals surface area contributed by atoms with Gasteiger partial charge in [0, 0.05) is 16.9 Å². The molecule has 1 aromatic heterocycles. The number of carbonyl (C=O) groups is 1. The van der Waals surface area contributed by atoms with Gasteiger partial charge in [-0.1, -0.05) is 19.1 Å². The molecule has 0 bridgehead atoms. The number of pyridine rings is 1. The predicted molar refractivity (Wildman–Crippen MR) is 94.3 cm³/mol. The number of nitrogens with one attached hydrogen (secondary N) is 2. The Kier molecular flexibility index (Phi) is 5.92. The molecule has 6 nitrogen and oxygen atoms in total. The lowest BCUT2D eigenvalue weighted by Gasteiger charge is -2.09. The SMILES string of the molecule is CCCS(=O)(=O)Nc1cccc(C(=O)NCc2cccc(C)n2)c1. The number of aromatic nitrogens is 1. The van der Waals surface area contributed by atoms with Gasteiger partial charge in [-0.2, -0.15) is 0 Å². The summed E-state index contributed by atoms with van der Waals surface area (Å²) in [5.74, 6) is -0.238. The van der Waals surface area contributed by atoms with E-state index in [2.05, 4.69) is 15.0 Å². The van der Waals surface area contributed by atoms with Crippen LogP contribution in [0.2, 0.25) is 0 Å². The summed E-state index contributed by atoms with van der Waals surface area (Å²) in [5.41, 5.74) is 2.42. The van der Waals surface area contributed by atoms with Crippen LogP contribution in [-0.2, 0) is 16.6 Å². The van der Waals surface area contributed by atoms with E-state index < -0.39 is 10.0 Å². The van der Waals surface area contributed by atoms with Gasteiger partial charge in [0.15, 0.2) is 0 Å². The molecule has 1 heterocycles. The van der Waals surface area contributed by atoms with E-state index in [0.29, 0.717) is 24.2 Å². The van der Waals surface area contributed by atoms with Crippen LogP contribution in [0.5, 0.6) is 0 Å². The van der Waals surface area contributed by atoms with E-state index in [1.165, 1.54) is 6.07 Å². The van der Waals surface area contributed by atoms with Crippen LogP contribution < -0.4 is 10.0 Å². The van der Waals surface area contributed by atoms with Crippen LogP contribution >= 0.6 is 0 Å². The minimum Gasteiger partial charge on any atom is -0.346 e. The summed E-state index contributed by atoms with van der Waals surface area (Å²) in [6, 6.07) is 12.0.